The lowest BCUT2D eigenvalue weighted by molar-refractivity contribution is 0.00578. The summed E-state index contributed by atoms with van der Waals surface area (Å²) in [5.41, 5.74) is -0.118. The molecule has 0 amide bonds. The molecule has 2 heterocycles. The van der Waals surface area contributed by atoms with Crippen molar-refractivity contribution in [1.29, 1.82) is 0 Å². The van der Waals surface area contributed by atoms with Crippen molar-refractivity contribution < 1.29 is 23.2 Å². The third-order valence-corrected chi connectivity index (χ3v) is 5.50. The van der Waals surface area contributed by atoms with Crippen molar-refractivity contribution in [1.82, 2.24) is 4.98 Å². The van der Waals surface area contributed by atoms with Gasteiger partial charge in [-0.25, -0.2) is 9.37 Å². The van der Waals surface area contributed by atoms with Crippen LogP contribution in [0, 0.1) is 5.82 Å². The molecule has 0 saturated carbocycles. The van der Waals surface area contributed by atoms with Crippen LogP contribution < -0.4 is 10.2 Å². The number of aldehydes is 1. The van der Waals surface area contributed by atoms with E-state index in [-0.39, 0.29) is 22.2 Å². The molecule has 0 N–H and O–H groups in total. The highest BCUT2D eigenvalue weighted by molar-refractivity contribution is 6.66. The molecular weight excluding hydrogens is 371 g/mol. The van der Waals surface area contributed by atoms with Gasteiger partial charge < -0.3 is 14.0 Å². The molecule has 1 aliphatic heterocycles. The maximum atomic E-state index is 14.6. The van der Waals surface area contributed by atoms with Crippen LogP contribution in [0.4, 0.5) is 4.39 Å². The molecule has 3 rings (SSSR count). The summed E-state index contributed by atoms with van der Waals surface area (Å²) in [6.07, 6.45) is 0.487. The van der Waals surface area contributed by atoms with Crippen LogP contribution in [-0.2, 0) is 9.31 Å². The first-order chi connectivity index (χ1) is 12.6. The van der Waals surface area contributed by atoms with Crippen molar-refractivity contribution in [3.63, 3.8) is 0 Å². The first-order valence-corrected chi connectivity index (χ1v) is 8.83. The van der Waals surface area contributed by atoms with Gasteiger partial charge in [0.2, 0.25) is 5.88 Å². The monoisotopic (exact) mass is 391 g/mol. The molecule has 0 aliphatic carbocycles. The predicted molar refractivity (Wildman–Crippen MR) is 102 cm³/mol. The van der Waals surface area contributed by atoms with Crippen LogP contribution in [-0.4, -0.2) is 36.7 Å². The summed E-state index contributed by atoms with van der Waals surface area (Å²) in [4.78, 5) is 15.2. The molecule has 2 aromatic rings. The number of nitrogens with zero attached hydrogens (tertiary/aromatic N) is 1. The molecule has 0 unspecified atom stereocenters. The molecule has 1 saturated heterocycles. The van der Waals surface area contributed by atoms with Gasteiger partial charge in [0.25, 0.3) is 0 Å². The Morgan fingerprint density at radius 3 is 2.41 bits per heavy atom. The van der Waals surface area contributed by atoms with Gasteiger partial charge in [0, 0.05) is 16.0 Å². The lowest BCUT2D eigenvalue weighted by Crippen LogP contribution is -2.41. The average molecular weight is 392 g/mol. The lowest BCUT2D eigenvalue weighted by Gasteiger charge is -2.32. The third kappa shape index (κ3) is 3.35. The number of aromatic nitrogens is 1. The fraction of sp³-hybridized carbons (Fsp3) is 0.368. The molecule has 1 fully saturated rings. The topological polar surface area (TPSA) is 57.6 Å². The summed E-state index contributed by atoms with van der Waals surface area (Å²) >= 11 is 6.57. The zero-order chi connectivity index (χ0) is 20.0. The molecule has 0 spiro atoms. The molecule has 1 aliphatic rings. The summed E-state index contributed by atoms with van der Waals surface area (Å²) in [6, 6.07) is 6.21. The van der Waals surface area contributed by atoms with Crippen LogP contribution >= 0.6 is 11.6 Å². The molecule has 142 valence electrons. The van der Waals surface area contributed by atoms with Gasteiger partial charge >= 0.3 is 7.12 Å². The second kappa shape index (κ2) is 6.89. The highest BCUT2D eigenvalue weighted by atomic mass is 35.5. The van der Waals surface area contributed by atoms with Crippen LogP contribution in [0.15, 0.2) is 24.3 Å². The van der Waals surface area contributed by atoms with E-state index >= 15 is 0 Å². The van der Waals surface area contributed by atoms with E-state index < -0.39 is 24.1 Å². The standard InChI is InChI=1S/C19H20BClFNO4/c1-18(2)19(3,4)27-20(26-18)13-8-6-7-12(15(13)21)16-14(22)9-11(10-24)17(23-16)25-5/h6-10H,1-5H3. The summed E-state index contributed by atoms with van der Waals surface area (Å²) in [5, 5.41) is 0.267. The Labute approximate surface area is 162 Å². The summed E-state index contributed by atoms with van der Waals surface area (Å²) in [7, 11) is 0.668. The van der Waals surface area contributed by atoms with Crippen molar-refractivity contribution in [2.24, 2.45) is 0 Å². The van der Waals surface area contributed by atoms with E-state index in [0.29, 0.717) is 17.3 Å². The van der Waals surface area contributed by atoms with Gasteiger partial charge in [-0.3, -0.25) is 4.79 Å². The Morgan fingerprint density at radius 1 is 1.22 bits per heavy atom. The SMILES string of the molecule is COc1nc(-c2cccc(B3OC(C)(C)C(C)(C)O3)c2Cl)c(F)cc1C=O. The number of halogens is 2. The van der Waals surface area contributed by atoms with Crippen LogP contribution in [0.3, 0.4) is 0 Å². The third-order valence-electron chi connectivity index (χ3n) is 5.08. The van der Waals surface area contributed by atoms with Crippen molar-refractivity contribution in [2.75, 3.05) is 7.11 Å². The molecule has 0 radical (unpaired) electrons. The Balaban J connectivity index is 2.08. The molecular formula is C19H20BClFNO4. The zero-order valence-corrected chi connectivity index (χ0v) is 16.6. The predicted octanol–water partition coefficient (Wildman–Crippen LogP) is 3.66. The number of hydrogen-bond donors (Lipinski definition) is 0. The zero-order valence-electron chi connectivity index (χ0n) is 15.8. The normalized spacial score (nSPS) is 17.8. The van der Waals surface area contributed by atoms with E-state index in [0.717, 1.165) is 6.07 Å². The minimum Gasteiger partial charge on any atom is -0.480 e. The highest BCUT2D eigenvalue weighted by Crippen LogP contribution is 2.38. The smallest absolute Gasteiger partial charge is 0.480 e. The minimum absolute atomic E-state index is 0.0131. The van der Waals surface area contributed by atoms with Crippen LogP contribution in [0.5, 0.6) is 5.88 Å². The van der Waals surface area contributed by atoms with Crippen molar-refractivity contribution in [3.05, 3.63) is 40.7 Å². The van der Waals surface area contributed by atoms with Crippen LogP contribution in [0.1, 0.15) is 38.1 Å². The Bertz CT molecular complexity index is 888. The fourth-order valence-corrected chi connectivity index (χ4v) is 3.11. The Morgan fingerprint density at radius 2 is 1.85 bits per heavy atom. The van der Waals surface area contributed by atoms with Gasteiger partial charge in [0.1, 0.15) is 5.69 Å². The van der Waals surface area contributed by atoms with E-state index in [1.54, 1.807) is 18.2 Å². The maximum absolute atomic E-state index is 14.6. The number of methoxy groups -OCH3 is 1. The summed E-state index contributed by atoms with van der Waals surface area (Å²) < 4.78 is 31.7. The van der Waals surface area contributed by atoms with E-state index in [1.807, 2.05) is 27.7 Å². The lowest BCUT2D eigenvalue weighted by atomic mass is 9.78. The first kappa shape index (κ1) is 19.8. The molecule has 0 bridgehead atoms. The van der Waals surface area contributed by atoms with E-state index in [4.69, 9.17) is 25.6 Å². The number of hydrogen-bond acceptors (Lipinski definition) is 5. The van der Waals surface area contributed by atoms with Gasteiger partial charge in [-0.2, -0.15) is 0 Å². The first-order valence-electron chi connectivity index (χ1n) is 8.45. The summed E-state index contributed by atoms with van der Waals surface area (Å²) in [5.74, 6) is -0.649. The molecule has 1 aromatic carbocycles. The number of ether oxygens (including phenoxy) is 1. The fourth-order valence-electron chi connectivity index (χ4n) is 2.81. The second-order valence-corrected chi connectivity index (χ2v) is 7.71. The van der Waals surface area contributed by atoms with Crippen LogP contribution in [0.25, 0.3) is 11.3 Å². The van der Waals surface area contributed by atoms with Gasteiger partial charge in [0.05, 0.1) is 23.9 Å². The highest BCUT2D eigenvalue weighted by Gasteiger charge is 2.52. The second-order valence-electron chi connectivity index (χ2n) is 7.33. The van der Waals surface area contributed by atoms with E-state index in [9.17, 15) is 9.18 Å². The molecule has 8 heteroatoms. The van der Waals surface area contributed by atoms with Gasteiger partial charge in [-0.05, 0) is 33.8 Å². The van der Waals surface area contributed by atoms with E-state index in [1.165, 1.54) is 7.11 Å². The quantitative estimate of drug-likeness (QED) is 0.588. The maximum Gasteiger partial charge on any atom is 0.496 e. The molecule has 0 atom stereocenters. The number of pyridine rings is 1. The van der Waals surface area contributed by atoms with Crippen molar-refractivity contribution >= 4 is 30.5 Å². The number of benzene rings is 1. The van der Waals surface area contributed by atoms with Gasteiger partial charge in [-0.1, -0.05) is 29.8 Å². The van der Waals surface area contributed by atoms with Crippen LogP contribution in [0.2, 0.25) is 5.02 Å². The summed E-state index contributed by atoms with van der Waals surface area (Å²) in [6.45, 7) is 7.76. The minimum atomic E-state index is -0.693. The number of carbonyl (C=O) groups excluding carboxylic acids is 1. The van der Waals surface area contributed by atoms with E-state index in [2.05, 4.69) is 4.98 Å². The number of rotatable bonds is 4. The van der Waals surface area contributed by atoms with Gasteiger partial charge in [0.15, 0.2) is 12.1 Å². The molecule has 1 aromatic heterocycles. The average Bonchev–Trinajstić information content (AvgIpc) is 2.82. The molecule has 5 nitrogen and oxygen atoms in total. The Kier molecular flexibility index (Phi) is 5.05. The molecule has 27 heavy (non-hydrogen) atoms. The van der Waals surface area contributed by atoms with Gasteiger partial charge in [-0.15, -0.1) is 0 Å². The Hall–Kier alpha value is -1.96. The largest absolute Gasteiger partial charge is 0.496 e. The van der Waals surface area contributed by atoms with Crippen molar-refractivity contribution in [3.8, 4) is 17.1 Å². The number of carbonyl (C=O) groups is 1. The van der Waals surface area contributed by atoms with Crippen molar-refractivity contribution in [2.45, 2.75) is 38.9 Å².